The highest BCUT2D eigenvalue weighted by atomic mass is 32.1. The van der Waals surface area contributed by atoms with E-state index >= 15 is 0 Å². The van der Waals surface area contributed by atoms with Crippen LogP contribution >= 0.6 is 12.6 Å². The lowest BCUT2D eigenvalue weighted by atomic mass is 10.0. The van der Waals surface area contributed by atoms with Crippen LogP contribution in [0.1, 0.15) is 30.4 Å². The molecule has 2 amide bonds. The largest absolute Gasteiger partial charge is 0.445 e. The lowest BCUT2D eigenvalue weighted by Crippen LogP contribution is -2.53. The zero-order valence-corrected chi connectivity index (χ0v) is 19.1. The molecule has 0 aliphatic carbocycles. The minimum Gasteiger partial charge on any atom is -0.445 e. The summed E-state index contributed by atoms with van der Waals surface area (Å²) in [6.45, 7) is 2.94. The van der Waals surface area contributed by atoms with Crippen molar-refractivity contribution in [1.82, 2.24) is 15.1 Å². The summed E-state index contributed by atoms with van der Waals surface area (Å²) in [5.74, 6) is -0.00559. The molecule has 32 heavy (non-hydrogen) atoms. The van der Waals surface area contributed by atoms with Crippen LogP contribution in [0.3, 0.4) is 0 Å². The van der Waals surface area contributed by atoms with Crippen LogP contribution in [0.15, 0.2) is 60.7 Å². The van der Waals surface area contributed by atoms with E-state index in [0.717, 1.165) is 37.1 Å². The number of benzene rings is 2. The maximum atomic E-state index is 13.8. The number of hydrogen-bond donors (Lipinski definition) is 2. The molecule has 0 bridgehead atoms. The minimum atomic E-state index is -0.542. The Morgan fingerprint density at radius 1 is 1.00 bits per heavy atom. The second-order valence-corrected chi connectivity index (χ2v) is 9.26. The fourth-order valence-electron chi connectivity index (χ4n) is 4.53. The first-order valence-electron chi connectivity index (χ1n) is 11.3. The number of piperidine rings is 1. The SMILES string of the molecule is O=C([C@@H]1C[C@@H](S)CN1C(=O)OCc1ccccc1)N(Cc1ccccc1)C1CCNCC1. The van der Waals surface area contributed by atoms with Gasteiger partial charge < -0.3 is 15.0 Å². The van der Waals surface area contributed by atoms with Gasteiger partial charge in [0, 0.05) is 24.4 Å². The monoisotopic (exact) mass is 453 g/mol. The fourth-order valence-corrected chi connectivity index (χ4v) is 4.90. The quantitative estimate of drug-likeness (QED) is 0.658. The number of hydrogen-bond acceptors (Lipinski definition) is 5. The number of likely N-dealkylation sites (tertiary alicyclic amines) is 1. The number of amides is 2. The highest BCUT2D eigenvalue weighted by molar-refractivity contribution is 7.81. The summed E-state index contributed by atoms with van der Waals surface area (Å²) in [6.07, 6.45) is 1.91. The maximum absolute atomic E-state index is 13.8. The second kappa shape index (κ2) is 10.9. The molecule has 7 heteroatoms. The lowest BCUT2D eigenvalue weighted by molar-refractivity contribution is -0.139. The Labute approximate surface area is 195 Å². The molecule has 0 spiro atoms. The van der Waals surface area contributed by atoms with Gasteiger partial charge in [0.25, 0.3) is 0 Å². The molecule has 0 unspecified atom stereocenters. The predicted octanol–water partition coefficient (Wildman–Crippen LogP) is 3.48. The van der Waals surface area contributed by atoms with Gasteiger partial charge >= 0.3 is 6.09 Å². The van der Waals surface area contributed by atoms with Crippen LogP contribution in [-0.2, 0) is 22.7 Å². The molecule has 4 rings (SSSR count). The Morgan fingerprint density at radius 2 is 1.62 bits per heavy atom. The summed E-state index contributed by atoms with van der Waals surface area (Å²) in [4.78, 5) is 30.3. The van der Waals surface area contributed by atoms with Crippen LogP contribution in [0.2, 0.25) is 0 Å². The number of thiol groups is 1. The predicted molar refractivity (Wildman–Crippen MR) is 127 cm³/mol. The van der Waals surface area contributed by atoms with Gasteiger partial charge in [0.1, 0.15) is 12.6 Å². The van der Waals surface area contributed by atoms with E-state index in [2.05, 4.69) is 17.9 Å². The Hall–Kier alpha value is -2.51. The van der Waals surface area contributed by atoms with Gasteiger partial charge in [-0.15, -0.1) is 0 Å². The maximum Gasteiger partial charge on any atom is 0.410 e. The summed E-state index contributed by atoms with van der Waals surface area (Å²) in [6, 6.07) is 19.3. The number of carbonyl (C=O) groups excluding carboxylic acids is 2. The molecule has 2 heterocycles. The molecule has 170 valence electrons. The highest BCUT2D eigenvalue weighted by Gasteiger charge is 2.42. The van der Waals surface area contributed by atoms with Gasteiger partial charge in [0.05, 0.1) is 0 Å². The van der Waals surface area contributed by atoms with Gasteiger partial charge in [0.2, 0.25) is 5.91 Å². The van der Waals surface area contributed by atoms with Crippen molar-refractivity contribution < 1.29 is 14.3 Å². The van der Waals surface area contributed by atoms with E-state index in [0.29, 0.717) is 19.5 Å². The molecular weight excluding hydrogens is 422 g/mol. The summed E-state index contributed by atoms with van der Waals surface area (Å²) in [7, 11) is 0. The second-order valence-electron chi connectivity index (χ2n) is 8.53. The number of rotatable bonds is 6. The third-order valence-electron chi connectivity index (χ3n) is 6.23. The topological polar surface area (TPSA) is 61.9 Å². The molecule has 0 radical (unpaired) electrons. The molecule has 2 aliphatic heterocycles. The molecule has 6 nitrogen and oxygen atoms in total. The van der Waals surface area contributed by atoms with E-state index in [9.17, 15) is 9.59 Å². The van der Waals surface area contributed by atoms with Crippen molar-refractivity contribution in [3.05, 3.63) is 71.8 Å². The van der Waals surface area contributed by atoms with Crippen molar-refractivity contribution in [3.63, 3.8) is 0 Å². The first kappa shape index (κ1) is 22.7. The van der Waals surface area contributed by atoms with Crippen molar-refractivity contribution in [2.45, 2.75) is 49.7 Å². The summed E-state index contributed by atoms with van der Waals surface area (Å²) in [5.41, 5.74) is 2.02. The molecular formula is C25H31N3O3S. The van der Waals surface area contributed by atoms with E-state index in [1.807, 2.05) is 65.6 Å². The number of ether oxygens (including phenoxy) is 1. The van der Waals surface area contributed by atoms with Gasteiger partial charge in [0.15, 0.2) is 0 Å². The highest BCUT2D eigenvalue weighted by Crippen LogP contribution is 2.27. The van der Waals surface area contributed by atoms with Crippen molar-refractivity contribution >= 4 is 24.6 Å². The van der Waals surface area contributed by atoms with Crippen LogP contribution in [0, 0.1) is 0 Å². The number of carbonyl (C=O) groups is 2. The molecule has 1 N–H and O–H groups in total. The Morgan fingerprint density at radius 3 is 2.28 bits per heavy atom. The lowest BCUT2D eigenvalue weighted by Gasteiger charge is -2.37. The van der Waals surface area contributed by atoms with Gasteiger partial charge in [-0.05, 0) is 43.5 Å². The normalized spacial score (nSPS) is 21.3. The van der Waals surface area contributed by atoms with Gasteiger partial charge in [-0.1, -0.05) is 60.7 Å². The summed E-state index contributed by atoms with van der Waals surface area (Å²) >= 11 is 4.60. The molecule has 2 fully saturated rings. The number of nitrogens with one attached hydrogen (secondary N) is 1. The minimum absolute atomic E-state index is 0.00559. The average molecular weight is 454 g/mol. The van der Waals surface area contributed by atoms with Crippen LogP contribution in [0.4, 0.5) is 4.79 Å². The van der Waals surface area contributed by atoms with Crippen LogP contribution < -0.4 is 5.32 Å². The van der Waals surface area contributed by atoms with Gasteiger partial charge in [-0.3, -0.25) is 9.69 Å². The molecule has 2 aromatic carbocycles. The van der Waals surface area contributed by atoms with Crippen molar-refractivity contribution in [2.75, 3.05) is 19.6 Å². The first-order chi connectivity index (χ1) is 15.6. The van der Waals surface area contributed by atoms with Crippen LogP contribution in [0.25, 0.3) is 0 Å². The van der Waals surface area contributed by atoms with Crippen molar-refractivity contribution in [2.24, 2.45) is 0 Å². The zero-order valence-electron chi connectivity index (χ0n) is 18.2. The van der Waals surface area contributed by atoms with E-state index in [1.54, 1.807) is 4.90 Å². The van der Waals surface area contributed by atoms with Crippen LogP contribution in [0.5, 0.6) is 0 Å². The first-order valence-corrected chi connectivity index (χ1v) is 11.8. The van der Waals surface area contributed by atoms with E-state index in [4.69, 9.17) is 4.74 Å². The van der Waals surface area contributed by atoms with E-state index < -0.39 is 12.1 Å². The Kier molecular flexibility index (Phi) is 7.71. The molecule has 2 aromatic rings. The zero-order chi connectivity index (χ0) is 22.3. The van der Waals surface area contributed by atoms with E-state index in [1.165, 1.54) is 0 Å². The van der Waals surface area contributed by atoms with E-state index in [-0.39, 0.29) is 23.8 Å². The van der Waals surface area contributed by atoms with Gasteiger partial charge in [-0.2, -0.15) is 12.6 Å². The summed E-state index contributed by atoms with van der Waals surface area (Å²) in [5, 5.41) is 3.33. The third kappa shape index (κ3) is 5.64. The van der Waals surface area contributed by atoms with Crippen molar-refractivity contribution in [1.29, 1.82) is 0 Å². The molecule has 0 saturated carbocycles. The standard InChI is InChI=1S/C25H31N3O3S/c29-24(27(21-11-13-26-14-12-21)16-19-7-3-1-4-8-19)23-15-22(32)17-28(23)25(30)31-18-20-9-5-2-6-10-20/h1-10,21-23,26,32H,11-18H2/t22-,23+/m1/s1. The molecule has 0 aromatic heterocycles. The third-order valence-corrected chi connectivity index (χ3v) is 6.61. The Balaban J connectivity index is 1.49. The fraction of sp³-hybridized carbons (Fsp3) is 0.440. The smallest absolute Gasteiger partial charge is 0.410 e. The Bertz CT molecular complexity index is 890. The average Bonchev–Trinajstić information content (AvgIpc) is 3.24. The van der Waals surface area contributed by atoms with Crippen molar-refractivity contribution in [3.8, 4) is 0 Å². The molecule has 2 saturated heterocycles. The van der Waals surface area contributed by atoms with Crippen LogP contribution in [-0.4, -0.2) is 58.8 Å². The molecule has 2 aliphatic rings. The number of nitrogens with zero attached hydrogens (tertiary/aromatic N) is 2. The van der Waals surface area contributed by atoms with Gasteiger partial charge in [-0.25, -0.2) is 4.79 Å². The molecule has 2 atom stereocenters. The summed E-state index contributed by atoms with van der Waals surface area (Å²) < 4.78 is 5.56.